The van der Waals surface area contributed by atoms with E-state index in [4.69, 9.17) is 4.74 Å². The van der Waals surface area contributed by atoms with Crippen LogP contribution in [0.1, 0.15) is 46.5 Å². The average Bonchev–Trinajstić information content (AvgIpc) is 2.33. The van der Waals surface area contributed by atoms with Gasteiger partial charge in [0.25, 0.3) is 0 Å². The minimum absolute atomic E-state index is 0.255. The molecule has 1 fully saturated rings. The fourth-order valence-electron chi connectivity index (χ4n) is 1.91. The maximum atomic E-state index is 5.25. The Balaban J connectivity index is 2.22. The molecule has 1 rings (SSSR count). The molecule has 1 aliphatic rings. The largest absolute Gasteiger partial charge is 0.380 e. The Kier molecular flexibility index (Phi) is 7.09. The summed E-state index contributed by atoms with van der Waals surface area (Å²) in [5.74, 6) is 0.946. The van der Waals surface area contributed by atoms with Crippen molar-refractivity contribution in [3.05, 3.63) is 0 Å². The van der Waals surface area contributed by atoms with Crippen molar-refractivity contribution in [2.75, 3.05) is 32.8 Å². The summed E-state index contributed by atoms with van der Waals surface area (Å²) in [5.41, 5.74) is 0.255. The zero-order chi connectivity index (χ0) is 13.3. The molecule has 18 heavy (non-hydrogen) atoms. The van der Waals surface area contributed by atoms with Gasteiger partial charge in [0.05, 0.1) is 19.8 Å². The Labute approximate surface area is 112 Å². The molecule has 0 aromatic carbocycles. The van der Waals surface area contributed by atoms with E-state index in [1.807, 2.05) is 0 Å². The number of hydrogen-bond acceptors (Lipinski definition) is 2. The normalized spacial score (nSPS) is 18.3. The minimum Gasteiger partial charge on any atom is -0.380 e. The topological polar surface area (TPSA) is 45.7 Å². The molecule has 0 aliphatic carbocycles. The van der Waals surface area contributed by atoms with Crippen LogP contribution in [0.3, 0.4) is 0 Å². The summed E-state index contributed by atoms with van der Waals surface area (Å²) in [6.07, 6.45) is 5.13. The van der Waals surface area contributed by atoms with Gasteiger partial charge in [0, 0.05) is 18.5 Å². The van der Waals surface area contributed by atoms with Crippen molar-refractivity contribution in [2.45, 2.75) is 46.5 Å². The fourth-order valence-corrected chi connectivity index (χ4v) is 1.91. The van der Waals surface area contributed by atoms with Crippen LogP contribution < -0.4 is 10.6 Å². The number of rotatable bonds is 8. The number of ether oxygens (including phenoxy) is 1. The monoisotopic (exact) mass is 255 g/mol. The zero-order valence-corrected chi connectivity index (χ0v) is 12.2. The smallest absolute Gasteiger partial charge is 0.191 e. The van der Waals surface area contributed by atoms with E-state index in [0.29, 0.717) is 0 Å². The lowest BCUT2D eigenvalue weighted by atomic mass is 9.89. The van der Waals surface area contributed by atoms with Gasteiger partial charge < -0.3 is 15.4 Å². The molecular weight excluding hydrogens is 226 g/mol. The fraction of sp³-hybridized carbons (Fsp3) is 0.929. The highest BCUT2D eigenvalue weighted by Gasteiger charge is 2.33. The van der Waals surface area contributed by atoms with Crippen LogP contribution in [0.25, 0.3) is 0 Å². The van der Waals surface area contributed by atoms with Gasteiger partial charge in [-0.25, -0.2) is 0 Å². The van der Waals surface area contributed by atoms with Crippen molar-refractivity contribution >= 4 is 5.96 Å². The van der Waals surface area contributed by atoms with Crippen LogP contribution >= 0.6 is 0 Å². The number of nitrogens with one attached hydrogen (secondary N) is 2. The Morgan fingerprint density at radius 2 is 1.94 bits per heavy atom. The van der Waals surface area contributed by atoms with E-state index in [9.17, 15) is 0 Å². The minimum atomic E-state index is 0.255. The zero-order valence-electron chi connectivity index (χ0n) is 12.2. The molecule has 4 nitrogen and oxygen atoms in total. The van der Waals surface area contributed by atoms with E-state index in [2.05, 4.69) is 36.4 Å². The molecule has 0 atom stereocenters. The van der Waals surface area contributed by atoms with E-state index >= 15 is 0 Å². The molecule has 2 N–H and O–H groups in total. The first-order valence-electron chi connectivity index (χ1n) is 7.30. The van der Waals surface area contributed by atoms with Crippen molar-refractivity contribution in [3.63, 3.8) is 0 Å². The number of guanidine groups is 1. The lowest BCUT2D eigenvalue weighted by molar-refractivity contribution is -0.0945. The average molecular weight is 255 g/mol. The first kappa shape index (κ1) is 15.3. The lowest BCUT2D eigenvalue weighted by Gasteiger charge is -2.36. The third-order valence-corrected chi connectivity index (χ3v) is 3.19. The summed E-state index contributed by atoms with van der Waals surface area (Å²) >= 11 is 0. The second-order valence-electron chi connectivity index (χ2n) is 5.49. The third-order valence-electron chi connectivity index (χ3n) is 3.19. The third kappa shape index (κ3) is 5.71. The van der Waals surface area contributed by atoms with E-state index in [-0.39, 0.29) is 5.41 Å². The van der Waals surface area contributed by atoms with Crippen molar-refractivity contribution in [1.29, 1.82) is 0 Å². The van der Waals surface area contributed by atoms with Crippen LogP contribution in [0, 0.1) is 5.41 Å². The van der Waals surface area contributed by atoms with Gasteiger partial charge in [0.2, 0.25) is 0 Å². The summed E-state index contributed by atoms with van der Waals surface area (Å²) in [4.78, 5) is 4.64. The lowest BCUT2D eigenvalue weighted by Crippen LogP contribution is -2.44. The van der Waals surface area contributed by atoms with Gasteiger partial charge in [-0.2, -0.15) is 0 Å². The number of hydrogen-bond donors (Lipinski definition) is 2. The molecular formula is C14H29N3O. The predicted molar refractivity (Wildman–Crippen MR) is 77.0 cm³/mol. The van der Waals surface area contributed by atoms with Gasteiger partial charge in [-0.15, -0.1) is 0 Å². The van der Waals surface area contributed by atoms with Crippen LogP contribution in [0.4, 0.5) is 0 Å². The molecule has 106 valence electrons. The molecule has 4 heteroatoms. The second-order valence-corrected chi connectivity index (χ2v) is 5.49. The highest BCUT2D eigenvalue weighted by molar-refractivity contribution is 5.79. The molecule has 0 unspecified atom stereocenters. The Bertz CT molecular complexity index is 249. The van der Waals surface area contributed by atoms with Crippen LogP contribution in [0.5, 0.6) is 0 Å². The van der Waals surface area contributed by atoms with Crippen LogP contribution in [-0.2, 0) is 4.74 Å². The van der Waals surface area contributed by atoms with Crippen LogP contribution in [0.15, 0.2) is 4.99 Å². The van der Waals surface area contributed by atoms with E-state index in [0.717, 1.165) is 38.8 Å². The van der Waals surface area contributed by atoms with Crippen LogP contribution in [-0.4, -0.2) is 38.8 Å². The molecule has 0 aromatic heterocycles. The van der Waals surface area contributed by atoms with Gasteiger partial charge >= 0.3 is 0 Å². The highest BCUT2D eigenvalue weighted by Crippen LogP contribution is 2.26. The molecule has 1 saturated heterocycles. The van der Waals surface area contributed by atoms with Crippen molar-refractivity contribution in [1.82, 2.24) is 10.6 Å². The van der Waals surface area contributed by atoms with Crippen molar-refractivity contribution in [2.24, 2.45) is 10.4 Å². The number of aliphatic imine (C=N–C) groups is 1. The molecule has 1 heterocycles. The SMILES string of the molecule is CCCCCCNC(=NCC1(C)COC1)NCC. The molecule has 0 aromatic rings. The second kappa shape index (κ2) is 8.35. The molecule has 0 radical (unpaired) electrons. The standard InChI is InChI=1S/C14H29N3O/c1-4-6-7-8-9-16-13(15-5-2)17-10-14(3)11-18-12-14/h4-12H2,1-3H3,(H2,15,16,17). The number of nitrogens with zero attached hydrogens (tertiary/aromatic N) is 1. The molecule has 0 saturated carbocycles. The highest BCUT2D eigenvalue weighted by atomic mass is 16.5. The summed E-state index contributed by atoms with van der Waals surface area (Å²) in [6.45, 7) is 11.0. The Hall–Kier alpha value is -0.770. The summed E-state index contributed by atoms with van der Waals surface area (Å²) in [5, 5.41) is 6.69. The Morgan fingerprint density at radius 3 is 2.50 bits per heavy atom. The molecule has 0 bridgehead atoms. The first-order chi connectivity index (χ1) is 8.70. The predicted octanol–water partition coefficient (Wildman–Crippen LogP) is 2.16. The van der Waals surface area contributed by atoms with Gasteiger partial charge in [-0.3, -0.25) is 4.99 Å². The van der Waals surface area contributed by atoms with E-state index in [1.54, 1.807) is 0 Å². The maximum absolute atomic E-state index is 5.25. The summed E-state index contributed by atoms with van der Waals surface area (Å²) < 4.78 is 5.25. The van der Waals surface area contributed by atoms with Gasteiger partial charge in [-0.05, 0) is 13.3 Å². The quantitative estimate of drug-likeness (QED) is 0.397. The molecule has 0 amide bonds. The van der Waals surface area contributed by atoms with E-state index < -0.39 is 0 Å². The summed E-state index contributed by atoms with van der Waals surface area (Å²) in [6, 6.07) is 0. The van der Waals surface area contributed by atoms with E-state index in [1.165, 1.54) is 25.7 Å². The van der Waals surface area contributed by atoms with Gasteiger partial charge in [-0.1, -0.05) is 33.1 Å². The molecule has 0 spiro atoms. The van der Waals surface area contributed by atoms with Gasteiger partial charge in [0.15, 0.2) is 5.96 Å². The maximum Gasteiger partial charge on any atom is 0.191 e. The van der Waals surface area contributed by atoms with Crippen LogP contribution in [0.2, 0.25) is 0 Å². The van der Waals surface area contributed by atoms with Crippen molar-refractivity contribution in [3.8, 4) is 0 Å². The Morgan fingerprint density at radius 1 is 1.17 bits per heavy atom. The van der Waals surface area contributed by atoms with Gasteiger partial charge in [0.1, 0.15) is 0 Å². The first-order valence-corrected chi connectivity index (χ1v) is 7.30. The number of unbranched alkanes of at least 4 members (excludes halogenated alkanes) is 3. The van der Waals surface area contributed by atoms with Crippen molar-refractivity contribution < 1.29 is 4.74 Å². The summed E-state index contributed by atoms with van der Waals surface area (Å²) in [7, 11) is 0. The molecule has 1 aliphatic heterocycles.